The Bertz CT molecular complexity index is 652. The highest BCUT2D eigenvalue weighted by molar-refractivity contribution is 7.79. The van der Waals surface area contributed by atoms with Gasteiger partial charge in [0.15, 0.2) is 7.14 Å². The van der Waals surface area contributed by atoms with E-state index in [1.54, 1.807) is 0 Å². The van der Waals surface area contributed by atoms with Gasteiger partial charge in [-0.1, -0.05) is 81.4 Å². The van der Waals surface area contributed by atoms with Gasteiger partial charge in [-0.15, -0.1) is 0 Å². The maximum Gasteiger partial charge on any atom is 0.159 e. The first-order valence-electron chi connectivity index (χ1n) is 7.48. The lowest BCUT2D eigenvalue weighted by molar-refractivity contribution is 0.383. The molecule has 1 atom stereocenters. The number of hydrogen-bond acceptors (Lipinski definition) is 2. The van der Waals surface area contributed by atoms with Crippen LogP contribution in [0, 0.1) is 16.7 Å². The fourth-order valence-corrected chi connectivity index (χ4v) is 5.86. The van der Waals surface area contributed by atoms with Crippen LogP contribution in [0.15, 0.2) is 60.7 Å². The monoisotopic (exact) mass is 311 g/mol. The van der Waals surface area contributed by atoms with Crippen molar-refractivity contribution in [2.24, 2.45) is 5.41 Å². The van der Waals surface area contributed by atoms with Crippen molar-refractivity contribution in [3.8, 4) is 6.07 Å². The molecule has 0 heterocycles. The van der Waals surface area contributed by atoms with Crippen LogP contribution in [0.5, 0.6) is 0 Å². The third kappa shape index (κ3) is 3.49. The molecular formula is C19H22NOP. The van der Waals surface area contributed by atoms with Gasteiger partial charge < -0.3 is 4.57 Å². The lowest BCUT2D eigenvalue weighted by Gasteiger charge is -2.29. The lowest BCUT2D eigenvalue weighted by atomic mass is 9.91. The van der Waals surface area contributed by atoms with Crippen molar-refractivity contribution in [2.45, 2.75) is 32.9 Å². The van der Waals surface area contributed by atoms with E-state index in [1.165, 1.54) is 0 Å². The van der Waals surface area contributed by atoms with E-state index in [0.29, 0.717) is 6.42 Å². The Hall–Kier alpha value is -1.84. The number of rotatable bonds is 4. The molecule has 0 spiro atoms. The van der Waals surface area contributed by atoms with Crippen LogP contribution in [0.25, 0.3) is 0 Å². The Labute approximate surface area is 133 Å². The summed E-state index contributed by atoms with van der Waals surface area (Å²) in [5.74, 6) is 0. The molecule has 2 nitrogen and oxygen atoms in total. The van der Waals surface area contributed by atoms with Crippen molar-refractivity contribution in [2.75, 3.05) is 0 Å². The van der Waals surface area contributed by atoms with E-state index in [2.05, 4.69) is 26.8 Å². The van der Waals surface area contributed by atoms with Crippen LogP contribution in [-0.2, 0) is 4.57 Å². The van der Waals surface area contributed by atoms with Crippen LogP contribution in [0.4, 0.5) is 0 Å². The van der Waals surface area contributed by atoms with Gasteiger partial charge in [-0.05, 0) is 11.8 Å². The molecule has 1 unspecified atom stereocenters. The molecule has 0 aromatic heterocycles. The molecule has 0 aliphatic carbocycles. The minimum absolute atomic E-state index is 0.0559. The molecule has 0 saturated heterocycles. The number of nitrogens with zero attached hydrogens (tertiary/aromatic N) is 1. The van der Waals surface area contributed by atoms with E-state index in [-0.39, 0.29) is 5.41 Å². The van der Waals surface area contributed by atoms with Gasteiger partial charge in [0, 0.05) is 10.6 Å². The third-order valence-corrected chi connectivity index (χ3v) is 6.98. The molecule has 114 valence electrons. The zero-order valence-corrected chi connectivity index (χ0v) is 14.3. The fourth-order valence-electron chi connectivity index (χ4n) is 2.64. The Morgan fingerprint density at radius 3 is 1.68 bits per heavy atom. The molecule has 0 radical (unpaired) electrons. The van der Waals surface area contributed by atoms with Gasteiger partial charge in [0.05, 0.1) is 6.07 Å². The first-order valence-corrected chi connectivity index (χ1v) is 9.26. The number of benzene rings is 2. The molecule has 0 N–H and O–H groups in total. The minimum Gasteiger partial charge on any atom is -0.312 e. The molecule has 0 aliphatic heterocycles. The van der Waals surface area contributed by atoms with E-state index in [4.69, 9.17) is 0 Å². The van der Waals surface area contributed by atoms with Gasteiger partial charge in [-0.3, -0.25) is 0 Å². The van der Waals surface area contributed by atoms with Crippen molar-refractivity contribution in [3.63, 3.8) is 0 Å². The Morgan fingerprint density at radius 1 is 0.955 bits per heavy atom. The largest absolute Gasteiger partial charge is 0.312 e. The zero-order valence-electron chi connectivity index (χ0n) is 13.4. The quantitative estimate of drug-likeness (QED) is 0.789. The summed E-state index contributed by atoms with van der Waals surface area (Å²) in [4.78, 5) is 0. The zero-order chi connectivity index (χ0) is 16.2. The normalized spacial score (nSPS) is 13.4. The van der Waals surface area contributed by atoms with Gasteiger partial charge >= 0.3 is 0 Å². The Kier molecular flexibility index (Phi) is 4.89. The van der Waals surface area contributed by atoms with Crippen LogP contribution < -0.4 is 10.6 Å². The van der Waals surface area contributed by atoms with Crippen molar-refractivity contribution in [3.05, 3.63) is 60.7 Å². The summed E-state index contributed by atoms with van der Waals surface area (Å²) < 4.78 is 14.0. The summed E-state index contributed by atoms with van der Waals surface area (Å²) >= 11 is 0. The first kappa shape index (κ1) is 16.5. The van der Waals surface area contributed by atoms with Crippen LogP contribution >= 0.6 is 7.14 Å². The summed E-state index contributed by atoms with van der Waals surface area (Å²) in [6.45, 7) is 6.24. The standard InChI is InChI=1S/C19H22NOP/c1-19(2,3)14-18(15-20)22(21,16-10-6-4-7-11-16)17-12-8-5-9-13-17/h4-13,18H,14H2,1-3H3. The van der Waals surface area contributed by atoms with Gasteiger partial charge in [-0.25, -0.2) is 0 Å². The fraction of sp³-hybridized carbons (Fsp3) is 0.316. The minimum atomic E-state index is -2.99. The highest BCUT2D eigenvalue weighted by Crippen LogP contribution is 2.51. The summed E-state index contributed by atoms with van der Waals surface area (Å²) in [5.41, 5.74) is -0.572. The molecule has 22 heavy (non-hydrogen) atoms. The second kappa shape index (κ2) is 6.51. The van der Waals surface area contributed by atoms with Crippen LogP contribution in [0.3, 0.4) is 0 Å². The van der Waals surface area contributed by atoms with E-state index >= 15 is 0 Å². The Balaban J connectivity index is 2.61. The van der Waals surface area contributed by atoms with Crippen LogP contribution in [0.1, 0.15) is 27.2 Å². The predicted molar refractivity (Wildman–Crippen MR) is 93.2 cm³/mol. The SMILES string of the molecule is CC(C)(C)CC(C#N)P(=O)(c1ccccc1)c1ccccc1. The van der Waals surface area contributed by atoms with Crippen molar-refractivity contribution >= 4 is 17.8 Å². The third-order valence-electron chi connectivity index (χ3n) is 3.67. The van der Waals surface area contributed by atoms with Gasteiger partial charge in [-0.2, -0.15) is 5.26 Å². The molecule has 0 saturated carbocycles. The number of hydrogen-bond donors (Lipinski definition) is 0. The second-order valence-electron chi connectivity index (χ2n) is 6.74. The Morgan fingerprint density at radius 2 is 1.36 bits per heavy atom. The summed E-state index contributed by atoms with van der Waals surface area (Å²) in [6, 6.07) is 21.2. The van der Waals surface area contributed by atoms with Gasteiger partial charge in [0.1, 0.15) is 5.66 Å². The van der Waals surface area contributed by atoms with Crippen LogP contribution in [0.2, 0.25) is 0 Å². The lowest BCUT2D eigenvalue weighted by Crippen LogP contribution is -2.28. The first-order chi connectivity index (χ1) is 10.4. The molecule has 3 heteroatoms. The van der Waals surface area contributed by atoms with Gasteiger partial charge in [0.25, 0.3) is 0 Å². The van der Waals surface area contributed by atoms with Crippen LogP contribution in [-0.4, -0.2) is 5.66 Å². The summed E-state index contributed by atoms with van der Waals surface area (Å²) in [6.07, 6.45) is 0.602. The molecular weight excluding hydrogens is 289 g/mol. The second-order valence-corrected chi connectivity index (χ2v) is 9.71. The highest BCUT2D eigenvalue weighted by atomic mass is 31.2. The molecule has 0 bridgehead atoms. The number of nitriles is 1. The maximum atomic E-state index is 14.0. The van der Waals surface area contributed by atoms with E-state index in [0.717, 1.165) is 10.6 Å². The predicted octanol–water partition coefficient (Wildman–Crippen LogP) is 4.33. The topological polar surface area (TPSA) is 40.9 Å². The molecule has 2 aromatic carbocycles. The van der Waals surface area contributed by atoms with Crippen molar-refractivity contribution < 1.29 is 4.57 Å². The van der Waals surface area contributed by atoms with E-state index in [9.17, 15) is 9.83 Å². The summed E-state index contributed by atoms with van der Waals surface area (Å²) in [7, 11) is -2.99. The molecule has 0 fully saturated rings. The summed E-state index contributed by atoms with van der Waals surface area (Å²) in [5, 5.41) is 11.2. The molecule has 2 rings (SSSR count). The molecule has 0 amide bonds. The smallest absolute Gasteiger partial charge is 0.159 e. The maximum absolute atomic E-state index is 14.0. The van der Waals surface area contributed by atoms with Gasteiger partial charge in [0.2, 0.25) is 0 Å². The molecule has 0 aliphatic rings. The van der Waals surface area contributed by atoms with Crippen molar-refractivity contribution in [1.82, 2.24) is 0 Å². The highest BCUT2D eigenvalue weighted by Gasteiger charge is 2.38. The average molecular weight is 311 g/mol. The van der Waals surface area contributed by atoms with Crippen molar-refractivity contribution in [1.29, 1.82) is 5.26 Å². The van der Waals surface area contributed by atoms with E-state index < -0.39 is 12.8 Å². The van der Waals surface area contributed by atoms with E-state index in [1.807, 2.05) is 60.7 Å². The molecule has 2 aromatic rings. The average Bonchev–Trinajstić information content (AvgIpc) is 2.52.